The van der Waals surface area contributed by atoms with Crippen LogP contribution >= 0.6 is 0 Å². The second-order valence-electron chi connectivity index (χ2n) is 6.41. The van der Waals surface area contributed by atoms with Gasteiger partial charge in [0.1, 0.15) is 0 Å². The summed E-state index contributed by atoms with van der Waals surface area (Å²) < 4.78 is 0. The van der Waals surface area contributed by atoms with Crippen molar-refractivity contribution >= 4 is 17.5 Å². The summed E-state index contributed by atoms with van der Waals surface area (Å²) in [6.07, 6.45) is 0.277. The van der Waals surface area contributed by atoms with Gasteiger partial charge in [0.05, 0.1) is 0 Å². The first-order chi connectivity index (χ1) is 11.9. The Kier molecular flexibility index (Phi) is 6.34. The molecule has 2 rings (SSSR count). The van der Waals surface area contributed by atoms with Crippen molar-refractivity contribution in [3.05, 3.63) is 64.7 Å². The topological polar surface area (TPSA) is 49.4 Å². The zero-order valence-electron chi connectivity index (χ0n) is 15.4. The Morgan fingerprint density at radius 1 is 1.04 bits per heavy atom. The van der Waals surface area contributed by atoms with Gasteiger partial charge in [0.25, 0.3) is 0 Å². The minimum atomic E-state index is -0.0573. The monoisotopic (exact) mass is 338 g/mol. The number of aryl methyl sites for hydroxylation is 2. The molecule has 0 saturated carbocycles. The van der Waals surface area contributed by atoms with Gasteiger partial charge in [-0.3, -0.25) is 9.59 Å². The van der Waals surface area contributed by atoms with E-state index in [0.29, 0.717) is 13.1 Å². The number of nitrogens with zero attached hydrogens (tertiary/aromatic N) is 1. The molecule has 25 heavy (non-hydrogen) atoms. The minimum Gasteiger partial charge on any atom is -0.352 e. The van der Waals surface area contributed by atoms with E-state index in [1.807, 2.05) is 57.2 Å². The summed E-state index contributed by atoms with van der Waals surface area (Å²) in [4.78, 5) is 25.9. The third-order valence-corrected chi connectivity index (χ3v) is 4.38. The fourth-order valence-electron chi connectivity index (χ4n) is 2.80. The number of rotatable bonds is 6. The molecule has 2 aromatic rings. The number of amides is 2. The molecule has 0 aliphatic carbocycles. The summed E-state index contributed by atoms with van der Waals surface area (Å²) in [5, 5.41) is 2.92. The molecule has 0 aromatic heterocycles. The maximum Gasteiger partial charge on any atom is 0.223 e. The lowest BCUT2D eigenvalue weighted by Gasteiger charge is -2.23. The lowest BCUT2D eigenvalue weighted by atomic mass is 10.1. The smallest absolute Gasteiger partial charge is 0.223 e. The Labute approximate surface area is 149 Å². The van der Waals surface area contributed by atoms with Gasteiger partial charge in [-0.05, 0) is 43.5 Å². The summed E-state index contributed by atoms with van der Waals surface area (Å²) in [5.74, 6) is -0.113. The van der Waals surface area contributed by atoms with E-state index < -0.39 is 0 Å². The van der Waals surface area contributed by atoms with Crippen molar-refractivity contribution in [2.75, 3.05) is 11.4 Å². The molecule has 132 valence electrons. The highest BCUT2D eigenvalue weighted by molar-refractivity contribution is 5.93. The van der Waals surface area contributed by atoms with Gasteiger partial charge in [-0.1, -0.05) is 42.0 Å². The Morgan fingerprint density at radius 2 is 1.76 bits per heavy atom. The lowest BCUT2D eigenvalue weighted by Crippen LogP contribution is -2.34. The summed E-state index contributed by atoms with van der Waals surface area (Å²) in [5.41, 5.74) is 5.32. The fourth-order valence-corrected chi connectivity index (χ4v) is 2.80. The van der Waals surface area contributed by atoms with Crippen LogP contribution < -0.4 is 10.2 Å². The van der Waals surface area contributed by atoms with Crippen molar-refractivity contribution in [3.8, 4) is 0 Å². The summed E-state index contributed by atoms with van der Waals surface area (Å²) in [6.45, 7) is 8.46. The molecule has 4 nitrogen and oxygen atoms in total. The lowest BCUT2D eigenvalue weighted by molar-refractivity contribution is -0.121. The van der Waals surface area contributed by atoms with Crippen molar-refractivity contribution in [2.24, 2.45) is 0 Å². The number of benzene rings is 2. The van der Waals surface area contributed by atoms with Crippen LogP contribution in [0.4, 0.5) is 5.69 Å². The molecule has 4 heteroatoms. The van der Waals surface area contributed by atoms with Crippen molar-refractivity contribution in [1.29, 1.82) is 0 Å². The largest absolute Gasteiger partial charge is 0.352 e. The third-order valence-electron chi connectivity index (χ3n) is 4.38. The van der Waals surface area contributed by atoms with E-state index in [9.17, 15) is 9.59 Å². The molecule has 1 N–H and O–H groups in total. The number of anilines is 1. The molecule has 0 heterocycles. The molecule has 0 atom stereocenters. The highest BCUT2D eigenvalue weighted by Crippen LogP contribution is 2.23. The second-order valence-corrected chi connectivity index (χ2v) is 6.41. The van der Waals surface area contributed by atoms with Crippen LogP contribution in [0.2, 0.25) is 0 Å². The molecule has 0 unspecified atom stereocenters. The van der Waals surface area contributed by atoms with Crippen molar-refractivity contribution in [2.45, 2.75) is 40.7 Å². The first-order valence-corrected chi connectivity index (χ1v) is 8.55. The van der Waals surface area contributed by atoms with E-state index in [1.54, 1.807) is 4.90 Å². The van der Waals surface area contributed by atoms with Crippen LogP contribution in [-0.2, 0) is 16.1 Å². The van der Waals surface area contributed by atoms with Gasteiger partial charge in [0, 0.05) is 32.1 Å². The van der Waals surface area contributed by atoms with Gasteiger partial charge in [-0.25, -0.2) is 0 Å². The average Bonchev–Trinajstić information content (AvgIpc) is 2.56. The number of hydrogen-bond donors (Lipinski definition) is 1. The zero-order valence-corrected chi connectivity index (χ0v) is 15.4. The first-order valence-electron chi connectivity index (χ1n) is 8.55. The molecule has 0 aliphatic heterocycles. The summed E-state index contributed by atoms with van der Waals surface area (Å²) >= 11 is 0. The second kappa shape index (κ2) is 8.47. The van der Waals surface area contributed by atoms with Gasteiger partial charge in [-0.15, -0.1) is 0 Å². The third kappa shape index (κ3) is 5.18. The van der Waals surface area contributed by atoms with E-state index in [1.165, 1.54) is 12.5 Å². The number of nitrogens with one attached hydrogen (secondary N) is 1. The SMILES string of the molecule is CC(=O)N(CCC(=O)NCc1cccc(C)c1)c1cccc(C)c1C. The van der Waals surface area contributed by atoms with E-state index in [-0.39, 0.29) is 18.2 Å². The van der Waals surface area contributed by atoms with E-state index in [4.69, 9.17) is 0 Å². The molecule has 0 bridgehead atoms. The predicted octanol–water partition coefficient (Wildman–Crippen LogP) is 3.67. The van der Waals surface area contributed by atoms with E-state index in [0.717, 1.165) is 22.4 Å². The molecular weight excluding hydrogens is 312 g/mol. The Bertz CT molecular complexity index is 768. The van der Waals surface area contributed by atoms with Crippen LogP contribution in [0.5, 0.6) is 0 Å². The molecule has 2 amide bonds. The van der Waals surface area contributed by atoms with Crippen LogP contribution in [0, 0.1) is 20.8 Å². The molecule has 0 radical (unpaired) electrons. The van der Waals surface area contributed by atoms with Crippen molar-refractivity contribution in [3.63, 3.8) is 0 Å². The standard InChI is InChI=1S/C21H26N2O2/c1-15-7-5-9-19(13-15)14-22-21(25)11-12-23(18(4)24)20-10-6-8-16(2)17(20)3/h5-10,13H,11-12,14H2,1-4H3,(H,22,25). The quantitative estimate of drug-likeness (QED) is 0.873. The van der Waals surface area contributed by atoms with Gasteiger partial charge >= 0.3 is 0 Å². The van der Waals surface area contributed by atoms with Gasteiger partial charge in [0.2, 0.25) is 11.8 Å². The van der Waals surface area contributed by atoms with E-state index in [2.05, 4.69) is 11.4 Å². The van der Waals surface area contributed by atoms with Crippen molar-refractivity contribution < 1.29 is 9.59 Å². The summed E-state index contributed by atoms with van der Waals surface area (Å²) in [7, 11) is 0. The maximum absolute atomic E-state index is 12.2. The zero-order chi connectivity index (χ0) is 18.4. The van der Waals surface area contributed by atoms with Crippen LogP contribution in [0.3, 0.4) is 0 Å². The Balaban J connectivity index is 1.95. The van der Waals surface area contributed by atoms with Crippen LogP contribution in [-0.4, -0.2) is 18.4 Å². The van der Waals surface area contributed by atoms with Gasteiger partial charge < -0.3 is 10.2 Å². The van der Waals surface area contributed by atoms with Crippen LogP contribution in [0.25, 0.3) is 0 Å². The highest BCUT2D eigenvalue weighted by atomic mass is 16.2. The molecule has 0 saturated heterocycles. The maximum atomic E-state index is 12.2. The molecular formula is C21H26N2O2. The fraction of sp³-hybridized carbons (Fsp3) is 0.333. The predicted molar refractivity (Wildman–Crippen MR) is 102 cm³/mol. The summed E-state index contributed by atoms with van der Waals surface area (Å²) in [6, 6.07) is 13.9. The normalized spacial score (nSPS) is 10.4. The Morgan fingerprint density at radius 3 is 2.44 bits per heavy atom. The molecule has 0 spiro atoms. The van der Waals surface area contributed by atoms with Gasteiger partial charge in [0.15, 0.2) is 0 Å². The number of hydrogen-bond acceptors (Lipinski definition) is 2. The average molecular weight is 338 g/mol. The Hall–Kier alpha value is -2.62. The van der Waals surface area contributed by atoms with Crippen LogP contribution in [0.15, 0.2) is 42.5 Å². The molecule has 0 aliphatic rings. The number of carbonyl (C=O) groups excluding carboxylic acids is 2. The highest BCUT2D eigenvalue weighted by Gasteiger charge is 2.16. The minimum absolute atomic E-state index is 0.0554. The van der Waals surface area contributed by atoms with Crippen LogP contribution in [0.1, 0.15) is 35.6 Å². The van der Waals surface area contributed by atoms with E-state index >= 15 is 0 Å². The molecule has 0 fully saturated rings. The molecule has 2 aromatic carbocycles. The van der Waals surface area contributed by atoms with Gasteiger partial charge in [-0.2, -0.15) is 0 Å². The number of carbonyl (C=O) groups is 2. The first kappa shape index (κ1) is 18.7. The van der Waals surface area contributed by atoms with Crippen molar-refractivity contribution in [1.82, 2.24) is 5.32 Å².